The number of para-hydroxylation sites is 3. The van der Waals surface area contributed by atoms with Crippen LogP contribution in [0.5, 0.6) is 0 Å². The Kier molecular flexibility index (Phi) is 5.10. The van der Waals surface area contributed by atoms with Gasteiger partial charge in [0.1, 0.15) is 0 Å². The minimum atomic E-state index is 1.17. The van der Waals surface area contributed by atoms with E-state index in [-0.39, 0.29) is 0 Å². The second-order valence-corrected chi connectivity index (χ2v) is 11.5. The van der Waals surface area contributed by atoms with E-state index in [0.717, 1.165) is 0 Å². The van der Waals surface area contributed by atoms with Crippen LogP contribution in [0, 0.1) is 6.92 Å². The maximum atomic E-state index is 3.87. The summed E-state index contributed by atoms with van der Waals surface area (Å²) in [5.41, 5.74) is 8.50. The maximum Gasteiger partial charge on any atom is 0.0542 e. The van der Waals surface area contributed by atoms with Crippen molar-refractivity contribution in [1.82, 2.24) is 9.13 Å². The molecular weight excluding hydrogens is 504 g/mol. The summed E-state index contributed by atoms with van der Waals surface area (Å²) in [6.45, 7) is 6.06. The second kappa shape index (κ2) is 8.84. The number of fused-ring (bicyclic) bond motifs is 7. The summed E-state index contributed by atoms with van der Waals surface area (Å²) >= 11 is 1.85. The number of hydrogen-bond donors (Lipinski definition) is 0. The predicted octanol–water partition coefficient (Wildman–Crippen LogP) is 10.6. The molecule has 0 N–H and O–H groups in total. The number of allylic oxidation sites excluding steroid dienone is 2. The first-order valence-corrected chi connectivity index (χ1v) is 14.4. The first kappa shape index (κ1) is 23.1. The van der Waals surface area contributed by atoms with E-state index in [1.54, 1.807) is 0 Å². The number of rotatable bonds is 4. The molecule has 0 aliphatic carbocycles. The standard InChI is InChI=1S/C37H26N2S/c1-3-4-11-27-24(2)40-37-21-19-26(23-32(27)37)39-35-17-10-7-14-30(35)31-22-25(18-20-36(31)39)38-33-15-8-5-12-28(33)29-13-6-9-16-34(29)38/h3-23H,1H2,2H3/b11-4-. The number of nitrogens with zero attached hydrogens (tertiary/aromatic N) is 2. The van der Waals surface area contributed by atoms with Crippen molar-refractivity contribution in [2.24, 2.45) is 0 Å². The van der Waals surface area contributed by atoms with E-state index < -0.39 is 0 Å². The molecule has 40 heavy (non-hydrogen) atoms. The molecule has 0 atom stereocenters. The number of aryl methyl sites for hydroxylation is 1. The van der Waals surface area contributed by atoms with Gasteiger partial charge in [0, 0.05) is 47.9 Å². The smallest absolute Gasteiger partial charge is 0.0542 e. The first-order valence-electron chi connectivity index (χ1n) is 13.6. The number of benzene rings is 5. The molecule has 0 spiro atoms. The molecule has 190 valence electrons. The summed E-state index contributed by atoms with van der Waals surface area (Å²) in [6.07, 6.45) is 6.04. The molecule has 3 aromatic heterocycles. The largest absolute Gasteiger partial charge is 0.309 e. The summed E-state index contributed by atoms with van der Waals surface area (Å²) in [5.74, 6) is 0. The molecule has 8 aromatic rings. The van der Waals surface area contributed by atoms with Crippen molar-refractivity contribution in [1.29, 1.82) is 0 Å². The summed E-state index contributed by atoms with van der Waals surface area (Å²) in [6, 6.07) is 39.9. The van der Waals surface area contributed by atoms with E-state index in [1.807, 2.05) is 23.5 Å². The van der Waals surface area contributed by atoms with Gasteiger partial charge in [0.05, 0.1) is 22.1 Å². The third-order valence-corrected chi connectivity index (χ3v) is 9.15. The molecule has 3 heteroatoms. The van der Waals surface area contributed by atoms with Gasteiger partial charge in [-0.15, -0.1) is 11.3 Å². The van der Waals surface area contributed by atoms with E-state index in [1.165, 1.54) is 75.5 Å². The molecule has 2 nitrogen and oxygen atoms in total. The third-order valence-electron chi connectivity index (χ3n) is 8.05. The van der Waals surface area contributed by atoms with Gasteiger partial charge in [-0.3, -0.25) is 0 Å². The Morgan fingerprint density at radius 1 is 0.575 bits per heavy atom. The summed E-state index contributed by atoms with van der Waals surface area (Å²) in [7, 11) is 0. The molecule has 0 bridgehead atoms. The summed E-state index contributed by atoms with van der Waals surface area (Å²) < 4.78 is 6.11. The van der Waals surface area contributed by atoms with Crippen molar-refractivity contribution < 1.29 is 0 Å². The van der Waals surface area contributed by atoms with Crippen molar-refractivity contribution in [3.63, 3.8) is 0 Å². The lowest BCUT2D eigenvalue weighted by Crippen LogP contribution is -1.95. The molecule has 0 aliphatic heterocycles. The van der Waals surface area contributed by atoms with Gasteiger partial charge in [-0.25, -0.2) is 0 Å². The lowest BCUT2D eigenvalue weighted by atomic mass is 10.1. The van der Waals surface area contributed by atoms with E-state index in [9.17, 15) is 0 Å². The first-order chi connectivity index (χ1) is 19.7. The minimum absolute atomic E-state index is 1.17. The van der Waals surface area contributed by atoms with Crippen molar-refractivity contribution in [3.05, 3.63) is 138 Å². The molecule has 0 unspecified atom stereocenters. The van der Waals surface area contributed by atoms with Crippen molar-refractivity contribution in [3.8, 4) is 11.4 Å². The lowest BCUT2D eigenvalue weighted by Gasteiger charge is -2.11. The number of hydrogen-bond acceptors (Lipinski definition) is 1. The molecule has 0 aliphatic rings. The molecule has 0 fully saturated rings. The summed E-state index contributed by atoms with van der Waals surface area (Å²) in [5, 5.41) is 6.35. The topological polar surface area (TPSA) is 9.86 Å². The molecule has 0 radical (unpaired) electrons. The molecule has 8 rings (SSSR count). The van der Waals surface area contributed by atoms with Gasteiger partial charge in [0.2, 0.25) is 0 Å². The van der Waals surface area contributed by atoms with Crippen LogP contribution in [0.4, 0.5) is 0 Å². The van der Waals surface area contributed by atoms with Crippen LogP contribution in [-0.4, -0.2) is 9.13 Å². The van der Waals surface area contributed by atoms with Gasteiger partial charge >= 0.3 is 0 Å². The molecule has 3 heterocycles. The van der Waals surface area contributed by atoms with Crippen LogP contribution >= 0.6 is 11.3 Å². The fraction of sp³-hybridized carbons (Fsp3) is 0.0270. The fourth-order valence-corrected chi connectivity index (χ4v) is 7.35. The lowest BCUT2D eigenvalue weighted by molar-refractivity contribution is 1.17. The average molecular weight is 531 g/mol. The molecule has 5 aromatic carbocycles. The zero-order valence-electron chi connectivity index (χ0n) is 22.1. The Morgan fingerprint density at radius 2 is 1.07 bits per heavy atom. The predicted molar refractivity (Wildman–Crippen MR) is 174 cm³/mol. The quantitative estimate of drug-likeness (QED) is 0.200. The van der Waals surface area contributed by atoms with Gasteiger partial charge < -0.3 is 9.13 Å². The van der Waals surface area contributed by atoms with Crippen LogP contribution in [0.15, 0.2) is 128 Å². The zero-order valence-corrected chi connectivity index (χ0v) is 23.0. The van der Waals surface area contributed by atoms with Crippen LogP contribution in [0.2, 0.25) is 0 Å². The molecule has 0 saturated heterocycles. The minimum Gasteiger partial charge on any atom is -0.309 e. The van der Waals surface area contributed by atoms with E-state index in [2.05, 4.69) is 138 Å². The Bertz CT molecular complexity index is 2250. The third kappa shape index (κ3) is 3.28. The second-order valence-electron chi connectivity index (χ2n) is 10.3. The van der Waals surface area contributed by atoms with Gasteiger partial charge in [-0.2, -0.15) is 0 Å². The highest BCUT2D eigenvalue weighted by molar-refractivity contribution is 7.19. The monoisotopic (exact) mass is 530 g/mol. The highest BCUT2D eigenvalue weighted by atomic mass is 32.1. The van der Waals surface area contributed by atoms with Crippen LogP contribution in [0.1, 0.15) is 10.4 Å². The highest BCUT2D eigenvalue weighted by Gasteiger charge is 2.17. The van der Waals surface area contributed by atoms with Gasteiger partial charge in [-0.05, 0) is 67.1 Å². The summed E-state index contributed by atoms with van der Waals surface area (Å²) in [4.78, 5) is 1.32. The Balaban J connectivity index is 1.41. The van der Waals surface area contributed by atoms with Crippen LogP contribution in [-0.2, 0) is 0 Å². The SMILES string of the molecule is C=C/C=C\c1c(C)sc2ccc(-n3c4ccccc4c4cc(-n5c6ccccc6c6ccccc65)ccc43)cc12. The molecular formula is C37H26N2S. The fourth-order valence-electron chi connectivity index (χ4n) is 6.32. The van der Waals surface area contributed by atoms with Crippen LogP contribution in [0.3, 0.4) is 0 Å². The average Bonchev–Trinajstić information content (AvgIpc) is 3.62. The van der Waals surface area contributed by atoms with Gasteiger partial charge in [-0.1, -0.05) is 79.4 Å². The number of aromatic nitrogens is 2. The van der Waals surface area contributed by atoms with E-state index >= 15 is 0 Å². The zero-order chi connectivity index (χ0) is 26.8. The van der Waals surface area contributed by atoms with E-state index in [4.69, 9.17) is 0 Å². The van der Waals surface area contributed by atoms with Gasteiger partial charge in [0.15, 0.2) is 0 Å². The maximum absolute atomic E-state index is 3.87. The van der Waals surface area contributed by atoms with Crippen LogP contribution in [0.25, 0.3) is 71.1 Å². The van der Waals surface area contributed by atoms with E-state index in [0.29, 0.717) is 0 Å². The van der Waals surface area contributed by atoms with Crippen LogP contribution < -0.4 is 0 Å². The van der Waals surface area contributed by atoms with Crippen molar-refractivity contribution in [2.75, 3.05) is 0 Å². The Morgan fingerprint density at radius 3 is 1.68 bits per heavy atom. The van der Waals surface area contributed by atoms with Gasteiger partial charge in [0.25, 0.3) is 0 Å². The van der Waals surface area contributed by atoms with Crippen molar-refractivity contribution >= 4 is 71.1 Å². The molecule has 0 saturated carbocycles. The normalized spacial score (nSPS) is 12.1. The Labute approximate surface area is 236 Å². The Hall–Kier alpha value is -4.86. The number of thiophene rings is 1. The van der Waals surface area contributed by atoms with Crippen molar-refractivity contribution in [2.45, 2.75) is 6.92 Å². The highest BCUT2D eigenvalue weighted by Crippen LogP contribution is 2.39. The molecule has 0 amide bonds.